The van der Waals surface area contributed by atoms with Crippen LogP contribution in [0.4, 0.5) is 0 Å². The fourth-order valence-electron chi connectivity index (χ4n) is 2.19. The third-order valence-electron chi connectivity index (χ3n) is 3.31. The van der Waals surface area contributed by atoms with Crippen LogP contribution >= 0.6 is 0 Å². The molecule has 0 N–H and O–H groups in total. The van der Waals surface area contributed by atoms with Crippen LogP contribution in [0.5, 0.6) is 0 Å². The van der Waals surface area contributed by atoms with Gasteiger partial charge < -0.3 is 9.47 Å². The molecule has 0 aromatic heterocycles. The predicted molar refractivity (Wildman–Crippen MR) is 72.0 cm³/mol. The van der Waals surface area contributed by atoms with Crippen LogP contribution in [0.1, 0.15) is 64.7 Å². The van der Waals surface area contributed by atoms with Crippen molar-refractivity contribution in [3.63, 3.8) is 0 Å². The van der Waals surface area contributed by atoms with Gasteiger partial charge in [0.15, 0.2) is 6.29 Å². The first kappa shape index (κ1) is 14.7. The summed E-state index contributed by atoms with van der Waals surface area (Å²) >= 11 is 0. The Kier molecular flexibility index (Phi) is 8.37. The van der Waals surface area contributed by atoms with Crippen molar-refractivity contribution < 1.29 is 9.47 Å². The van der Waals surface area contributed by atoms with Crippen molar-refractivity contribution in [2.75, 3.05) is 6.61 Å². The van der Waals surface area contributed by atoms with Gasteiger partial charge in [-0.15, -0.1) is 6.58 Å². The molecule has 17 heavy (non-hydrogen) atoms. The van der Waals surface area contributed by atoms with Gasteiger partial charge in [0.1, 0.15) is 0 Å². The number of hydrogen-bond donors (Lipinski definition) is 0. The van der Waals surface area contributed by atoms with E-state index in [4.69, 9.17) is 9.47 Å². The smallest absolute Gasteiger partial charge is 0.157 e. The Balaban J connectivity index is 1.85. The van der Waals surface area contributed by atoms with Crippen molar-refractivity contribution in [3.05, 3.63) is 12.7 Å². The molecule has 0 aromatic carbocycles. The van der Waals surface area contributed by atoms with Crippen LogP contribution in [0.15, 0.2) is 12.7 Å². The molecule has 1 fully saturated rings. The summed E-state index contributed by atoms with van der Waals surface area (Å²) in [6.07, 6.45) is 13.6. The van der Waals surface area contributed by atoms with Gasteiger partial charge in [-0.3, -0.25) is 0 Å². The molecule has 1 aliphatic heterocycles. The van der Waals surface area contributed by atoms with Crippen LogP contribution in [0.25, 0.3) is 0 Å². The summed E-state index contributed by atoms with van der Waals surface area (Å²) in [4.78, 5) is 0. The van der Waals surface area contributed by atoms with Gasteiger partial charge in [0.25, 0.3) is 0 Å². The zero-order valence-corrected chi connectivity index (χ0v) is 11.3. The summed E-state index contributed by atoms with van der Waals surface area (Å²) in [5.41, 5.74) is 0. The predicted octanol–water partition coefficient (Wildman–Crippen LogP) is 4.44. The zero-order chi connectivity index (χ0) is 12.3. The molecule has 0 aromatic rings. The van der Waals surface area contributed by atoms with Crippen molar-refractivity contribution in [1.29, 1.82) is 0 Å². The first-order valence-corrected chi connectivity index (χ1v) is 7.21. The molecule has 0 bridgehead atoms. The van der Waals surface area contributed by atoms with Gasteiger partial charge in [-0.05, 0) is 39.0 Å². The highest BCUT2D eigenvalue weighted by molar-refractivity contribution is 4.65. The number of rotatable bonds is 9. The van der Waals surface area contributed by atoms with Crippen LogP contribution in [0.3, 0.4) is 0 Å². The zero-order valence-electron chi connectivity index (χ0n) is 11.3. The Morgan fingerprint density at radius 1 is 1.12 bits per heavy atom. The topological polar surface area (TPSA) is 18.5 Å². The van der Waals surface area contributed by atoms with Crippen LogP contribution < -0.4 is 0 Å². The lowest BCUT2D eigenvalue weighted by Crippen LogP contribution is -2.30. The Morgan fingerprint density at radius 2 is 1.82 bits per heavy atom. The summed E-state index contributed by atoms with van der Waals surface area (Å²) in [5.74, 6) is 0. The van der Waals surface area contributed by atoms with Gasteiger partial charge in [-0.2, -0.15) is 0 Å². The van der Waals surface area contributed by atoms with Crippen LogP contribution in [-0.2, 0) is 9.47 Å². The van der Waals surface area contributed by atoms with Gasteiger partial charge >= 0.3 is 0 Å². The molecule has 2 atom stereocenters. The summed E-state index contributed by atoms with van der Waals surface area (Å²) in [6.45, 7) is 6.74. The van der Waals surface area contributed by atoms with E-state index < -0.39 is 0 Å². The molecule has 0 radical (unpaired) electrons. The monoisotopic (exact) mass is 240 g/mol. The largest absolute Gasteiger partial charge is 0.353 e. The van der Waals surface area contributed by atoms with E-state index in [9.17, 15) is 0 Å². The van der Waals surface area contributed by atoms with Crippen LogP contribution in [0, 0.1) is 0 Å². The highest BCUT2D eigenvalue weighted by atomic mass is 16.7. The average Bonchev–Trinajstić information content (AvgIpc) is 2.33. The first-order chi connectivity index (χ1) is 8.33. The van der Waals surface area contributed by atoms with Gasteiger partial charge in [-0.1, -0.05) is 31.8 Å². The van der Waals surface area contributed by atoms with E-state index in [-0.39, 0.29) is 6.29 Å². The quantitative estimate of drug-likeness (QED) is 0.438. The summed E-state index contributed by atoms with van der Waals surface area (Å²) in [5, 5.41) is 0. The van der Waals surface area contributed by atoms with E-state index >= 15 is 0 Å². The molecule has 100 valence electrons. The highest BCUT2D eigenvalue weighted by Crippen LogP contribution is 2.17. The molecule has 1 heterocycles. The summed E-state index contributed by atoms with van der Waals surface area (Å²) < 4.78 is 11.3. The minimum atomic E-state index is 0.0690. The summed E-state index contributed by atoms with van der Waals surface area (Å²) in [7, 11) is 0. The second-order valence-electron chi connectivity index (χ2n) is 5.02. The third-order valence-corrected chi connectivity index (χ3v) is 3.31. The van der Waals surface area contributed by atoms with Gasteiger partial charge in [0.05, 0.1) is 12.7 Å². The Hall–Kier alpha value is -0.340. The fraction of sp³-hybridized carbons (Fsp3) is 0.867. The molecular formula is C15H28O2. The van der Waals surface area contributed by atoms with Crippen LogP contribution in [0.2, 0.25) is 0 Å². The number of allylic oxidation sites excluding steroid dienone is 1. The maximum Gasteiger partial charge on any atom is 0.157 e. The molecular weight excluding hydrogens is 212 g/mol. The maximum absolute atomic E-state index is 5.71. The number of hydrogen-bond acceptors (Lipinski definition) is 2. The second-order valence-corrected chi connectivity index (χ2v) is 5.02. The molecule has 2 nitrogen and oxygen atoms in total. The van der Waals surface area contributed by atoms with Gasteiger partial charge in [0, 0.05) is 0 Å². The molecule has 2 heteroatoms. The van der Waals surface area contributed by atoms with E-state index in [1.807, 2.05) is 6.08 Å². The lowest BCUT2D eigenvalue weighted by molar-refractivity contribution is -0.210. The van der Waals surface area contributed by atoms with E-state index in [2.05, 4.69) is 13.5 Å². The van der Waals surface area contributed by atoms with E-state index in [1.165, 1.54) is 44.9 Å². The summed E-state index contributed by atoms with van der Waals surface area (Å²) in [6, 6.07) is 0. The molecule has 1 saturated heterocycles. The minimum Gasteiger partial charge on any atom is -0.353 e. The maximum atomic E-state index is 5.71. The first-order valence-electron chi connectivity index (χ1n) is 7.21. The molecule has 0 spiro atoms. The van der Waals surface area contributed by atoms with E-state index in [0.717, 1.165) is 19.4 Å². The van der Waals surface area contributed by atoms with Gasteiger partial charge in [-0.25, -0.2) is 0 Å². The second kappa shape index (κ2) is 9.67. The van der Waals surface area contributed by atoms with E-state index in [0.29, 0.717) is 6.10 Å². The minimum absolute atomic E-state index is 0.0690. The molecule has 1 aliphatic rings. The van der Waals surface area contributed by atoms with Crippen molar-refractivity contribution in [2.45, 2.75) is 77.1 Å². The average molecular weight is 240 g/mol. The molecule has 1 rings (SSSR count). The standard InChI is InChI=1S/C15H28O2/c1-3-4-5-6-7-8-9-10-11-15-16-13-12-14(2)17-15/h3,14-15H,1,4-13H2,2H3/t14-,15+/m0/s1. The Morgan fingerprint density at radius 3 is 2.53 bits per heavy atom. The normalized spacial score (nSPS) is 24.8. The van der Waals surface area contributed by atoms with Gasteiger partial charge in [0.2, 0.25) is 0 Å². The fourth-order valence-corrected chi connectivity index (χ4v) is 2.19. The molecule has 0 amide bonds. The lowest BCUT2D eigenvalue weighted by Gasteiger charge is -2.28. The molecule has 0 saturated carbocycles. The van der Waals surface area contributed by atoms with Crippen molar-refractivity contribution in [3.8, 4) is 0 Å². The van der Waals surface area contributed by atoms with E-state index in [1.54, 1.807) is 0 Å². The number of ether oxygens (including phenoxy) is 2. The Bertz CT molecular complexity index is 191. The van der Waals surface area contributed by atoms with Crippen molar-refractivity contribution >= 4 is 0 Å². The lowest BCUT2D eigenvalue weighted by atomic mass is 10.1. The highest BCUT2D eigenvalue weighted by Gasteiger charge is 2.18. The third kappa shape index (κ3) is 7.56. The van der Waals surface area contributed by atoms with Crippen molar-refractivity contribution in [1.82, 2.24) is 0 Å². The molecule has 0 aliphatic carbocycles. The van der Waals surface area contributed by atoms with Crippen molar-refractivity contribution in [2.24, 2.45) is 0 Å². The Labute approximate surface area is 106 Å². The SMILES string of the molecule is C=CCCCCCCCC[C@@H]1OCC[C@H](C)O1. The molecule has 0 unspecified atom stereocenters. The number of unbranched alkanes of at least 4 members (excludes halogenated alkanes) is 6. The van der Waals surface area contributed by atoms with Crippen LogP contribution in [-0.4, -0.2) is 19.0 Å².